The molecule has 1 aromatic heterocycles. The van der Waals surface area contributed by atoms with Gasteiger partial charge in [0.05, 0.1) is 18.7 Å². The van der Waals surface area contributed by atoms with E-state index >= 15 is 0 Å². The molecule has 2 aliphatic heterocycles. The number of hydrogen-bond donors (Lipinski definition) is 2. The Bertz CT molecular complexity index is 639. The molecule has 0 radical (unpaired) electrons. The molecule has 2 N–H and O–H groups in total. The minimum Gasteiger partial charge on any atom is -0.377 e. The second-order valence-electron chi connectivity index (χ2n) is 8.68. The van der Waals surface area contributed by atoms with E-state index < -0.39 is 0 Å². The number of rotatable bonds is 6. The monoisotopic (exact) mass is 390 g/mol. The zero-order chi connectivity index (χ0) is 18.9. The molecule has 1 aromatic rings. The van der Waals surface area contributed by atoms with E-state index in [0.717, 1.165) is 32.1 Å². The van der Waals surface area contributed by atoms with Crippen molar-refractivity contribution in [2.45, 2.75) is 58.2 Å². The highest BCUT2D eigenvalue weighted by Crippen LogP contribution is 2.52. The van der Waals surface area contributed by atoms with Gasteiger partial charge in [-0.1, -0.05) is 19.9 Å². The van der Waals surface area contributed by atoms with E-state index in [1.165, 1.54) is 30.8 Å². The largest absolute Gasteiger partial charge is 0.377 e. The first-order valence-electron chi connectivity index (χ1n) is 10.5. The number of ether oxygens (including phenoxy) is 1. The van der Waals surface area contributed by atoms with Gasteiger partial charge in [0.15, 0.2) is 5.96 Å². The summed E-state index contributed by atoms with van der Waals surface area (Å²) in [6.45, 7) is 11.8. The van der Waals surface area contributed by atoms with Crippen LogP contribution in [0.25, 0.3) is 0 Å². The SMILES string of the molecule is CCNC(=NCC(c1cccs1)N1CCCC1)NC1C2CCOC2C1(C)C. The molecule has 4 rings (SSSR count). The Kier molecular flexibility index (Phi) is 5.76. The van der Waals surface area contributed by atoms with Gasteiger partial charge in [0.1, 0.15) is 0 Å². The molecule has 0 bridgehead atoms. The quantitative estimate of drug-likeness (QED) is 0.578. The summed E-state index contributed by atoms with van der Waals surface area (Å²) in [5.41, 5.74) is 0.166. The molecule has 6 heteroatoms. The zero-order valence-electron chi connectivity index (χ0n) is 16.9. The molecular formula is C21H34N4OS. The number of likely N-dealkylation sites (tertiary alicyclic amines) is 1. The molecule has 5 nitrogen and oxygen atoms in total. The zero-order valence-corrected chi connectivity index (χ0v) is 17.7. The molecule has 0 amide bonds. The minimum atomic E-state index is 0.166. The predicted molar refractivity (Wildman–Crippen MR) is 112 cm³/mol. The van der Waals surface area contributed by atoms with E-state index in [1.807, 2.05) is 11.3 Å². The average Bonchev–Trinajstić information content (AvgIpc) is 3.41. The highest BCUT2D eigenvalue weighted by molar-refractivity contribution is 7.10. The fourth-order valence-electron chi connectivity index (χ4n) is 5.18. The Hall–Kier alpha value is -1.11. The molecule has 3 fully saturated rings. The lowest BCUT2D eigenvalue weighted by atomic mass is 9.57. The molecule has 0 spiro atoms. The van der Waals surface area contributed by atoms with Gasteiger partial charge in [-0.25, -0.2) is 0 Å². The number of hydrogen-bond acceptors (Lipinski definition) is 4. The first-order chi connectivity index (χ1) is 13.1. The smallest absolute Gasteiger partial charge is 0.191 e. The number of fused-ring (bicyclic) bond motifs is 1. The second-order valence-corrected chi connectivity index (χ2v) is 9.66. The summed E-state index contributed by atoms with van der Waals surface area (Å²) in [7, 11) is 0. The molecule has 1 saturated carbocycles. The van der Waals surface area contributed by atoms with Gasteiger partial charge in [-0.2, -0.15) is 0 Å². The van der Waals surface area contributed by atoms with E-state index in [0.29, 0.717) is 24.1 Å². The van der Waals surface area contributed by atoms with Crippen molar-refractivity contribution < 1.29 is 4.74 Å². The van der Waals surface area contributed by atoms with E-state index in [-0.39, 0.29) is 5.41 Å². The van der Waals surface area contributed by atoms with Crippen LogP contribution in [0.15, 0.2) is 22.5 Å². The number of nitrogens with zero attached hydrogens (tertiary/aromatic N) is 2. The van der Waals surface area contributed by atoms with Gasteiger partial charge in [-0.3, -0.25) is 9.89 Å². The normalized spacial score (nSPS) is 31.4. The van der Waals surface area contributed by atoms with Crippen LogP contribution in [0.4, 0.5) is 0 Å². The van der Waals surface area contributed by atoms with Crippen molar-refractivity contribution in [1.82, 2.24) is 15.5 Å². The Labute approximate surface area is 167 Å². The van der Waals surface area contributed by atoms with Gasteiger partial charge in [0, 0.05) is 35.4 Å². The van der Waals surface area contributed by atoms with Gasteiger partial charge in [-0.05, 0) is 50.7 Å². The topological polar surface area (TPSA) is 48.9 Å². The van der Waals surface area contributed by atoms with Crippen LogP contribution >= 0.6 is 11.3 Å². The van der Waals surface area contributed by atoms with Crippen LogP contribution in [-0.4, -0.2) is 55.8 Å². The highest BCUT2D eigenvalue weighted by Gasteiger charge is 2.59. The van der Waals surface area contributed by atoms with Crippen LogP contribution < -0.4 is 10.6 Å². The Morgan fingerprint density at radius 2 is 2.22 bits per heavy atom. The summed E-state index contributed by atoms with van der Waals surface area (Å²) in [4.78, 5) is 9.07. The fourth-order valence-corrected chi connectivity index (χ4v) is 6.03. The van der Waals surface area contributed by atoms with Crippen molar-refractivity contribution in [3.63, 3.8) is 0 Å². The molecule has 27 heavy (non-hydrogen) atoms. The van der Waals surface area contributed by atoms with Crippen LogP contribution in [0, 0.1) is 11.3 Å². The Balaban J connectivity index is 1.46. The van der Waals surface area contributed by atoms with E-state index in [1.54, 1.807) is 0 Å². The molecule has 2 saturated heterocycles. The van der Waals surface area contributed by atoms with E-state index in [9.17, 15) is 0 Å². The molecule has 3 aliphatic rings. The molecule has 3 heterocycles. The Morgan fingerprint density at radius 1 is 1.41 bits per heavy atom. The standard InChI is InChI=1S/C21H34N4OS/c1-4-22-20(24-18-15-9-12-26-19(15)21(18,2)3)23-14-16(17-8-7-13-27-17)25-10-5-6-11-25/h7-8,13,15-16,18-19H,4-6,9-12,14H2,1-3H3,(H2,22,23,24). The predicted octanol–water partition coefficient (Wildman–Crippen LogP) is 3.25. The van der Waals surface area contributed by atoms with Crippen molar-refractivity contribution in [1.29, 1.82) is 0 Å². The summed E-state index contributed by atoms with van der Waals surface area (Å²) in [6, 6.07) is 5.27. The summed E-state index contributed by atoms with van der Waals surface area (Å²) in [6.07, 6.45) is 4.19. The molecule has 150 valence electrons. The van der Waals surface area contributed by atoms with Crippen LogP contribution in [0.1, 0.15) is 51.0 Å². The van der Waals surface area contributed by atoms with Gasteiger partial charge < -0.3 is 15.4 Å². The van der Waals surface area contributed by atoms with Crippen molar-refractivity contribution in [2.75, 3.05) is 32.8 Å². The summed E-state index contributed by atoms with van der Waals surface area (Å²) in [5, 5.41) is 9.41. The van der Waals surface area contributed by atoms with Crippen molar-refractivity contribution >= 4 is 17.3 Å². The summed E-state index contributed by atoms with van der Waals surface area (Å²) < 4.78 is 5.95. The molecule has 1 aliphatic carbocycles. The number of thiophene rings is 1. The van der Waals surface area contributed by atoms with Crippen molar-refractivity contribution in [3.05, 3.63) is 22.4 Å². The van der Waals surface area contributed by atoms with Crippen LogP contribution in [0.5, 0.6) is 0 Å². The lowest BCUT2D eigenvalue weighted by Gasteiger charge is -2.55. The fraction of sp³-hybridized carbons (Fsp3) is 0.762. The third-order valence-corrected chi connectivity index (χ3v) is 7.59. The number of aliphatic imine (C=N–C) groups is 1. The summed E-state index contributed by atoms with van der Waals surface area (Å²) in [5.74, 6) is 1.58. The highest BCUT2D eigenvalue weighted by atomic mass is 32.1. The lowest BCUT2D eigenvalue weighted by Crippen LogP contribution is -2.68. The van der Waals surface area contributed by atoms with Gasteiger partial charge in [0.25, 0.3) is 0 Å². The van der Waals surface area contributed by atoms with Crippen LogP contribution in [0.2, 0.25) is 0 Å². The minimum absolute atomic E-state index is 0.166. The first kappa shape index (κ1) is 19.2. The third-order valence-electron chi connectivity index (χ3n) is 6.61. The molecule has 4 atom stereocenters. The van der Waals surface area contributed by atoms with Gasteiger partial charge >= 0.3 is 0 Å². The van der Waals surface area contributed by atoms with Crippen molar-refractivity contribution in [3.8, 4) is 0 Å². The maximum Gasteiger partial charge on any atom is 0.191 e. The maximum absolute atomic E-state index is 5.95. The van der Waals surface area contributed by atoms with Crippen LogP contribution in [0.3, 0.4) is 0 Å². The molecule has 0 aromatic carbocycles. The Morgan fingerprint density at radius 3 is 2.93 bits per heavy atom. The van der Waals surface area contributed by atoms with Crippen molar-refractivity contribution in [2.24, 2.45) is 16.3 Å². The third kappa shape index (κ3) is 3.76. The van der Waals surface area contributed by atoms with E-state index in [4.69, 9.17) is 9.73 Å². The van der Waals surface area contributed by atoms with Gasteiger partial charge in [0.2, 0.25) is 0 Å². The lowest BCUT2D eigenvalue weighted by molar-refractivity contribution is -0.106. The summed E-state index contributed by atoms with van der Waals surface area (Å²) >= 11 is 1.86. The number of guanidine groups is 1. The molecular weight excluding hydrogens is 356 g/mol. The second kappa shape index (κ2) is 8.10. The van der Waals surface area contributed by atoms with Gasteiger partial charge in [-0.15, -0.1) is 11.3 Å². The average molecular weight is 391 g/mol. The first-order valence-corrected chi connectivity index (χ1v) is 11.4. The number of nitrogens with one attached hydrogen (secondary N) is 2. The maximum atomic E-state index is 5.95. The van der Waals surface area contributed by atoms with Crippen LogP contribution in [-0.2, 0) is 4.74 Å². The molecule has 4 unspecified atom stereocenters. The van der Waals surface area contributed by atoms with E-state index in [2.05, 4.69) is 53.8 Å².